The molecule has 0 bridgehead atoms. The average molecular weight is 556 g/mol. The Labute approximate surface area is 221 Å². The second-order valence-electron chi connectivity index (χ2n) is 9.64. The molecule has 1 saturated heterocycles. The Balaban J connectivity index is 0.000000695. The molecule has 9 nitrogen and oxygen atoms in total. The van der Waals surface area contributed by atoms with Crippen molar-refractivity contribution >= 4 is 21.2 Å². The molecule has 1 aliphatic carbocycles. The van der Waals surface area contributed by atoms with E-state index in [0.717, 1.165) is 42.7 Å². The van der Waals surface area contributed by atoms with Crippen LogP contribution >= 0.6 is 0 Å². The number of hydrogen-bond acceptors (Lipinski definition) is 8. The summed E-state index contributed by atoms with van der Waals surface area (Å²) in [6.07, 6.45) is 8.72. The zero-order valence-corrected chi connectivity index (χ0v) is 22.8. The average Bonchev–Trinajstić information content (AvgIpc) is 3.60. The predicted molar refractivity (Wildman–Crippen MR) is 142 cm³/mol. The van der Waals surface area contributed by atoms with E-state index in [1.807, 2.05) is 12.1 Å². The lowest BCUT2D eigenvalue weighted by atomic mass is 9.93. The van der Waals surface area contributed by atoms with E-state index >= 15 is 0 Å². The third-order valence-corrected chi connectivity index (χ3v) is 8.90. The Morgan fingerprint density at radius 2 is 1.62 bits per heavy atom. The third-order valence-electron chi connectivity index (χ3n) is 7.05. The number of likely N-dealkylation sites (tertiary alicyclic amines) is 1. The standard InChI is InChI=1S/C26H35NO4S.H2O4S/c1-31-24-8-10-25(11-9-24)32(29,30)15-12-21-17-22(16-20-6-2-3-7-20)26(28)23(18-21)19-27-13-4-5-14-27;1-4-5(2)3/h8-11,17-18,20,28H,2-7,12-16,19H2,1H3;1H,(H,2,3). The maximum atomic E-state index is 12.9. The summed E-state index contributed by atoms with van der Waals surface area (Å²) in [5.41, 5.74) is 2.94. The van der Waals surface area contributed by atoms with Crippen LogP contribution in [0.5, 0.6) is 11.5 Å². The molecule has 2 aliphatic rings. The molecule has 0 spiro atoms. The minimum Gasteiger partial charge on any atom is -0.507 e. The predicted octanol–water partition coefficient (Wildman–Crippen LogP) is 4.36. The van der Waals surface area contributed by atoms with Crippen molar-refractivity contribution in [3.63, 3.8) is 0 Å². The zero-order chi connectivity index (χ0) is 26.8. The Hall–Kier alpha value is -2.02. The van der Waals surface area contributed by atoms with Crippen LogP contribution in [0.3, 0.4) is 0 Å². The summed E-state index contributed by atoms with van der Waals surface area (Å²) in [5, 5.41) is 18.1. The topological polar surface area (TPSA) is 134 Å². The quantitative estimate of drug-likeness (QED) is 0.222. The number of rotatable bonds is 10. The molecule has 1 unspecified atom stereocenters. The number of methoxy groups -OCH3 is 1. The number of hydrogen-bond donors (Lipinski definition) is 3. The van der Waals surface area contributed by atoms with E-state index in [1.54, 1.807) is 31.4 Å². The molecule has 0 amide bonds. The fourth-order valence-corrected chi connectivity index (χ4v) is 6.40. The molecule has 1 saturated carbocycles. The van der Waals surface area contributed by atoms with Gasteiger partial charge in [0.1, 0.15) is 11.5 Å². The first-order valence-corrected chi connectivity index (χ1v) is 15.3. The van der Waals surface area contributed by atoms with Gasteiger partial charge in [0.25, 0.3) is 0 Å². The molecule has 11 heteroatoms. The van der Waals surface area contributed by atoms with Crippen molar-refractivity contribution in [3.8, 4) is 11.5 Å². The van der Waals surface area contributed by atoms with E-state index in [-0.39, 0.29) is 5.75 Å². The third kappa shape index (κ3) is 9.05. The monoisotopic (exact) mass is 555 g/mol. The first-order chi connectivity index (χ1) is 17.7. The number of ether oxygens (including phenoxy) is 1. The first kappa shape index (κ1) is 29.5. The molecule has 2 aromatic carbocycles. The second-order valence-corrected chi connectivity index (χ2v) is 12.3. The Morgan fingerprint density at radius 3 is 2.19 bits per heavy atom. The van der Waals surface area contributed by atoms with Crippen LogP contribution in [0.15, 0.2) is 41.3 Å². The van der Waals surface area contributed by atoms with E-state index in [0.29, 0.717) is 28.7 Å². The molecular formula is C26H37NO8S2. The van der Waals surface area contributed by atoms with Crippen molar-refractivity contribution in [3.05, 3.63) is 53.1 Å². The van der Waals surface area contributed by atoms with Gasteiger partial charge < -0.3 is 9.84 Å². The molecule has 2 aromatic rings. The number of aromatic hydroxyl groups is 1. The summed E-state index contributed by atoms with van der Waals surface area (Å²) in [5.74, 6) is 1.74. The van der Waals surface area contributed by atoms with Crippen LogP contribution in [-0.4, -0.2) is 58.4 Å². The van der Waals surface area contributed by atoms with Crippen LogP contribution in [0.25, 0.3) is 0 Å². The number of sulfone groups is 1. The molecule has 1 aliphatic heterocycles. The summed E-state index contributed by atoms with van der Waals surface area (Å²) < 4.78 is 50.1. The molecular weight excluding hydrogens is 518 g/mol. The highest BCUT2D eigenvalue weighted by molar-refractivity contribution is 7.91. The Kier molecular flexibility index (Phi) is 11.4. The maximum Gasteiger partial charge on any atom is 0.330 e. The molecule has 1 heterocycles. The normalized spacial score (nSPS) is 17.4. The Morgan fingerprint density at radius 1 is 1.03 bits per heavy atom. The highest BCUT2D eigenvalue weighted by atomic mass is 32.2. The van der Waals surface area contributed by atoms with Crippen LogP contribution in [0, 0.1) is 5.92 Å². The lowest BCUT2D eigenvalue weighted by Gasteiger charge is -2.20. The number of benzene rings is 2. The first-order valence-electron chi connectivity index (χ1n) is 12.6. The number of phenols is 1. The lowest BCUT2D eigenvalue weighted by molar-refractivity contribution is -0.131. The molecule has 0 radical (unpaired) electrons. The van der Waals surface area contributed by atoms with E-state index in [4.69, 9.17) is 18.8 Å². The molecule has 37 heavy (non-hydrogen) atoms. The maximum absolute atomic E-state index is 12.9. The van der Waals surface area contributed by atoms with Gasteiger partial charge in [-0.3, -0.25) is 9.45 Å². The van der Waals surface area contributed by atoms with Gasteiger partial charge in [-0.15, -0.1) is 4.33 Å². The second kappa shape index (κ2) is 14.2. The van der Waals surface area contributed by atoms with Crippen LogP contribution in [0.4, 0.5) is 0 Å². The summed E-state index contributed by atoms with van der Waals surface area (Å²) in [4.78, 5) is 2.70. The van der Waals surface area contributed by atoms with Gasteiger partial charge >= 0.3 is 11.4 Å². The number of nitrogens with zero attached hydrogens (tertiary/aromatic N) is 1. The van der Waals surface area contributed by atoms with Gasteiger partial charge in [0.05, 0.1) is 17.8 Å². The highest BCUT2D eigenvalue weighted by Crippen LogP contribution is 2.34. The van der Waals surface area contributed by atoms with Crippen molar-refractivity contribution in [1.82, 2.24) is 4.90 Å². The van der Waals surface area contributed by atoms with Crippen LogP contribution in [0.1, 0.15) is 55.2 Å². The van der Waals surface area contributed by atoms with E-state index in [1.165, 1.54) is 38.5 Å². The molecule has 206 valence electrons. The summed E-state index contributed by atoms with van der Waals surface area (Å²) >= 11 is -2.52. The van der Waals surface area contributed by atoms with Crippen molar-refractivity contribution in [1.29, 1.82) is 0 Å². The van der Waals surface area contributed by atoms with Gasteiger partial charge in [-0.2, -0.15) is 4.21 Å². The molecule has 2 fully saturated rings. The van der Waals surface area contributed by atoms with Crippen molar-refractivity contribution in [2.45, 2.75) is 62.8 Å². The smallest absolute Gasteiger partial charge is 0.330 e. The lowest BCUT2D eigenvalue weighted by Crippen LogP contribution is -2.19. The van der Waals surface area contributed by atoms with Gasteiger partial charge in [-0.25, -0.2) is 13.7 Å². The fourth-order valence-electron chi connectivity index (χ4n) is 5.11. The zero-order valence-electron chi connectivity index (χ0n) is 21.2. The van der Waals surface area contributed by atoms with Crippen molar-refractivity contribution < 1.29 is 36.6 Å². The number of aryl methyl sites for hydroxylation is 1. The number of phenolic OH excluding ortho intramolecular Hbond substituents is 1. The van der Waals surface area contributed by atoms with Crippen LogP contribution < -0.4 is 4.74 Å². The van der Waals surface area contributed by atoms with Gasteiger partial charge in [0.15, 0.2) is 9.84 Å². The van der Waals surface area contributed by atoms with Crippen molar-refractivity contribution in [2.24, 2.45) is 5.92 Å². The van der Waals surface area contributed by atoms with Crippen LogP contribution in [-0.2, 0) is 44.9 Å². The van der Waals surface area contributed by atoms with Gasteiger partial charge in [0.2, 0.25) is 0 Å². The van der Waals surface area contributed by atoms with E-state index in [9.17, 15) is 13.5 Å². The highest BCUT2D eigenvalue weighted by Gasteiger charge is 2.22. The molecule has 4 rings (SSSR count). The minimum atomic E-state index is -3.39. The summed E-state index contributed by atoms with van der Waals surface area (Å²) in [7, 11) is -1.83. The van der Waals surface area contributed by atoms with Gasteiger partial charge in [-0.05, 0) is 80.1 Å². The van der Waals surface area contributed by atoms with E-state index in [2.05, 4.69) is 9.23 Å². The fraction of sp³-hybridized carbons (Fsp3) is 0.538. The van der Waals surface area contributed by atoms with Crippen LogP contribution in [0.2, 0.25) is 0 Å². The van der Waals surface area contributed by atoms with Gasteiger partial charge in [-0.1, -0.05) is 37.8 Å². The van der Waals surface area contributed by atoms with Crippen molar-refractivity contribution in [2.75, 3.05) is 26.0 Å². The Bertz CT molecular complexity index is 1090. The SMILES string of the molecule is COc1ccc(S(=O)(=O)CCc2cc(CC3CCCC3)c(O)c(CN3CCCC3)c2)cc1.O=S(O)OO. The largest absolute Gasteiger partial charge is 0.507 e. The van der Waals surface area contributed by atoms with E-state index < -0.39 is 21.2 Å². The summed E-state index contributed by atoms with van der Waals surface area (Å²) in [6, 6.07) is 10.6. The minimum absolute atomic E-state index is 0.0517. The van der Waals surface area contributed by atoms with Gasteiger partial charge in [0, 0.05) is 12.1 Å². The molecule has 1 atom stereocenters. The molecule has 0 aromatic heterocycles. The molecule has 3 N–H and O–H groups in total. The summed E-state index contributed by atoms with van der Waals surface area (Å²) in [6.45, 7) is 2.86.